The van der Waals surface area contributed by atoms with Gasteiger partial charge in [0.25, 0.3) is 0 Å². The van der Waals surface area contributed by atoms with Crippen molar-refractivity contribution >= 4 is 11.3 Å². The number of aliphatic hydroxyl groups is 1. The zero-order valence-electron chi connectivity index (χ0n) is 11.4. The van der Waals surface area contributed by atoms with E-state index in [1.165, 1.54) is 35.3 Å². The standard InChI is InChI=1S/C17H18O2S/c18-17(16-10-12-3-1-5-15(12)20-16)13-6-7-14-11(9-13)4-2-8-19-14/h6-7,9-10,17-18H,1-5,8H2. The highest BCUT2D eigenvalue weighted by Crippen LogP contribution is 2.37. The molecule has 20 heavy (non-hydrogen) atoms. The fraction of sp³-hybridized carbons (Fsp3) is 0.412. The summed E-state index contributed by atoms with van der Waals surface area (Å²) in [5, 5.41) is 10.6. The molecule has 104 valence electrons. The molecule has 3 heteroatoms. The van der Waals surface area contributed by atoms with E-state index < -0.39 is 6.10 Å². The Morgan fingerprint density at radius 3 is 2.85 bits per heavy atom. The maximum Gasteiger partial charge on any atom is 0.122 e. The van der Waals surface area contributed by atoms with E-state index >= 15 is 0 Å². The lowest BCUT2D eigenvalue weighted by atomic mass is 10.00. The molecule has 1 unspecified atom stereocenters. The molecule has 2 aromatic rings. The summed E-state index contributed by atoms with van der Waals surface area (Å²) in [7, 11) is 0. The molecule has 2 heterocycles. The number of rotatable bonds is 2. The third-order valence-electron chi connectivity index (χ3n) is 4.28. The molecule has 2 nitrogen and oxygen atoms in total. The molecule has 0 amide bonds. The minimum Gasteiger partial charge on any atom is -0.493 e. The van der Waals surface area contributed by atoms with Crippen LogP contribution in [0.1, 0.15) is 45.4 Å². The molecule has 1 aromatic heterocycles. The van der Waals surface area contributed by atoms with Crippen LogP contribution >= 0.6 is 11.3 Å². The smallest absolute Gasteiger partial charge is 0.122 e. The number of aryl methyl sites for hydroxylation is 3. The van der Waals surface area contributed by atoms with E-state index in [9.17, 15) is 5.11 Å². The molecule has 0 spiro atoms. The fourth-order valence-electron chi connectivity index (χ4n) is 3.20. The van der Waals surface area contributed by atoms with Crippen LogP contribution in [0.25, 0.3) is 0 Å². The van der Waals surface area contributed by atoms with Gasteiger partial charge >= 0.3 is 0 Å². The van der Waals surface area contributed by atoms with Crippen molar-refractivity contribution in [1.82, 2.24) is 0 Å². The second-order valence-electron chi connectivity index (χ2n) is 5.67. The lowest BCUT2D eigenvalue weighted by Crippen LogP contribution is -2.09. The Kier molecular flexibility index (Phi) is 3.04. The molecule has 1 atom stereocenters. The average molecular weight is 286 g/mol. The highest BCUT2D eigenvalue weighted by molar-refractivity contribution is 7.12. The van der Waals surface area contributed by atoms with E-state index in [1.807, 2.05) is 12.1 Å². The Morgan fingerprint density at radius 1 is 1.05 bits per heavy atom. The molecule has 1 aliphatic heterocycles. The first-order chi connectivity index (χ1) is 9.81. The van der Waals surface area contributed by atoms with Crippen molar-refractivity contribution in [2.45, 2.75) is 38.2 Å². The first-order valence-corrected chi connectivity index (χ1v) is 8.18. The molecule has 1 aliphatic carbocycles. The first-order valence-electron chi connectivity index (χ1n) is 7.36. The van der Waals surface area contributed by atoms with Crippen LogP contribution in [0.4, 0.5) is 0 Å². The van der Waals surface area contributed by atoms with Crippen LogP contribution in [0, 0.1) is 0 Å². The molecular weight excluding hydrogens is 268 g/mol. The summed E-state index contributed by atoms with van der Waals surface area (Å²) in [6, 6.07) is 8.33. The van der Waals surface area contributed by atoms with Gasteiger partial charge in [-0.25, -0.2) is 0 Å². The molecule has 0 saturated carbocycles. The molecular formula is C17H18O2S. The third-order valence-corrected chi connectivity index (χ3v) is 5.57. The predicted molar refractivity (Wildman–Crippen MR) is 80.7 cm³/mol. The molecule has 2 aliphatic rings. The number of hydrogen-bond donors (Lipinski definition) is 1. The zero-order valence-corrected chi connectivity index (χ0v) is 12.2. The van der Waals surface area contributed by atoms with E-state index in [2.05, 4.69) is 12.1 Å². The Balaban J connectivity index is 1.65. The van der Waals surface area contributed by atoms with Gasteiger partial charge < -0.3 is 9.84 Å². The van der Waals surface area contributed by atoms with Crippen molar-refractivity contribution in [3.8, 4) is 5.75 Å². The number of fused-ring (bicyclic) bond motifs is 2. The second-order valence-corrected chi connectivity index (χ2v) is 6.84. The zero-order chi connectivity index (χ0) is 13.5. The number of ether oxygens (including phenoxy) is 1. The van der Waals surface area contributed by atoms with Crippen molar-refractivity contribution in [3.63, 3.8) is 0 Å². The van der Waals surface area contributed by atoms with Gasteiger partial charge in [-0.3, -0.25) is 0 Å². The van der Waals surface area contributed by atoms with Crippen molar-refractivity contribution in [2.75, 3.05) is 6.61 Å². The normalized spacial score (nSPS) is 18.2. The minimum absolute atomic E-state index is 0.488. The summed E-state index contributed by atoms with van der Waals surface area (Å²) in [5.74, 6) is 0.987. The summed E-state index contributed by atoms with van der Waals surface area (Å²) in [5.41, 5.74) is 3.68. The van der Waals surface area contributed by atoms with Crippen LogP contribution in [-0.4, -0.2) is 11.7 Å². The van der Waals surface area contributed by atoms with Crippen molar-refractivity contribution < 1.29 is 9.84 Å². The molecule has 0 fully saturated rings. The Labute approximate surface area is 123 Å². The van der Waals surface area contributed by atoms with Gasteiger partial charge in [-0.1, -0.05) is 6.07 Å². The van der Waals surface area contributed by atoms with Gasteiger partial charge in [0.1, 0.15) is 11.9 Å². The van der Waals surface area contributed by atoms with Crippen molar-refractivity contribution in [2.24, 2.45) is 0 Å². The molecule has 1 aromatic carbocycles. The van der Waals surface area contributed by atoms with Gasteiger partial charge in [-0.15, -0.1) is 11.3 Å². The van der Waals surface area contributed by atoms with Crippen LogP contribution < -0.4 is 4.74 Å². The number of aliphatic hydroxyl groups excluding tert-OH is 1. The Hall–Kier alpha value is -1.32. The third kappa shape index (κ3) is 2.05. The highest BCUT2D eigenvalue weighted by Gasteiger charge is 2.21. The monoisotopic (exact) mass is 286 g/mol. The molecule has 0 radical (unpaired) electrons. The molecule has 4 rings (SSSR count). The maximum absolute atomic E-state index is 10.6. The largest absolute Gasteiger partial charge is 0.493 e. The van der Waals surface area contributed by atoms with E-state index in [-0.39, 0.29) is 0 Å². The number of hydrogen-bond acceptors (Lipinski definition) is 3. The summed E-state index contributed by atoms with van der Waals surface area (Å²) in [4.78, 5) is 2.56. The second kappa shape index (κ2) is 4.90. The van der Waals surface area contributed by atoms with Crippen molar-refractivity contribution in [3.05, 3.63) is 50.7 Å². The van der Waals surface area contributed by atoms with E-state index in [0.717, 1.165) is 35.6 Å². The van der Waals surface area contributed by atoms with Crippen LogP contribution in [-0.2, 0) is 19.3 Å². The SMILES string of the molecule is OC(c1ccc2c(c1)CCCO2)c1cc2c(s1)CCC2. The van der Waals surface area contributed by atoms with Crippen LogP contribution in [0.3, 0.4) is 0 Å². The van der Waals surface area contributed by atoms with E-state index in [4.69, 9.17) is 4.74 Å². The summed E-state index contributed by atoms with van der Waals surface area (Å²) < 4.78 is 5.63. The number of thiophene rings is 1. The predicted octanol–water partition coefficient (Wildman–Crippen LogP) is 3.64. The van der Waals surface area contributed by atoms with Gasteiger partial charge in [-0.2, -0.15) is 0 Å². The fourth-order valence-corrected chi connectivity index (χ4v) is 4.47. The van der Waals surface area contributed by atoms with Gasteiger partial charge in [0.05, 0.1) is 6.61 Å². The average Bonchev–Trinajstić information content (AvgIpc) is 3.07. The van der Waals surface area contributed by atoms with Gasteiger partial charge in [-0.05, 0) is 67.0 Å². The Bertz CT molecular complexity index is 623. The molecule has 0 saturated heterocycles. The quantitative estimate of drug-likeness (QED) is 0.913. The minimum atomic E-state index is -0.488. The Morgan fingerprint density at radius 2 is 1.95 bits per heavy atom. The molecule has 1 N–H and O–H groups in total. The van der Waals surface area contributed by atoms with Crippen molar-refractivity contribution in [1.29, 1.82) is 0 Å². The van der Waals surface area contributed by atoms with Gasteiger partial charge in [0.15, 0.2) is 0 Å². The van der Waals surface area contributed by atoms with E-state index in [0.29, 0.717) is 0 Å². The summed E-state index contributed by atoms with van der Waals surface area (Å²) >= 11 is 1.78. The summed E-state index contributed by atoms with van der Waals surface area (Å²) in [6.45, 7) is 0.812. The lowest BCUT2D eigenvalue weighted by molar-refractivity contribution is 0.223. The maximum atomic E-state index is 10.6. The molecule has 0 bridgehead atoms. The lowest BCUT2D eigenvalue weighted by Gasteiger charge is -2.19. The van der Waals surface area contributed by atoms with Gasteiger partial charge in [0, 0.05) is 9.75 Å². The highest BCUT2D eigenvalue weighted by atomic mass is 32.1. The number of benzene rings is 1. The van der Waals surface area contributed by atoms with E-state index in [1.54, 1.807) is 11.3 Å². The topological polar surface area (TPSA) is 29.5 Å². The van der Waals surface area contributed by atoms with Crippen LogP contribution in [0.15, 0.2) is 24.3 Å². The first kappa shape index (κ1) is 12.4. The summed E-state index contributed by atoms with van der Waals surface area (Å²) in [6.07, 6.45) is 5.27. The van der Waals surface area contributed by atoms with Crippen LogP contribution in [0.2, 0.25) is 0 Å². The van der Waals surface area contributed by atoms with Gasteiger partial charge in [0.2, 0.25) is 0 Å². The van der Waals surface area contributed by atoms with Crippen LogP contribution in [0.5, 0.6) is 5.75 Å².